The lowest BCUT2D eigenvalue weighted by atomic mass is 9.94. The number of fused-ring (bicyclic) bond motifs is 1. The summed E-state index contributed by atoms with van der Waals surface area (Å²) in [5.74, 6) is 1.66. The van der Waals surface area contributed by atoms with Crippen LogP contribution in [0.3, 0.4) is 0 Å². The topological polar surface area (TPSA) is 50.8 Å². The Hall–Kier alpha value is -2.53. The van der Waals surface area contributed by atoms with Gasteiger partial charge in [-0.2, -0.15) is 0 Å². The Kier molecular flexibility index (Phi) is 6.05. The van der Waals surface area contributed by atoms with Crippen LogP contribution in [0.2, 0.25) is 0 Å². The number of benzene rings is 2. The molecule has 0 radical (unpaired) electrons. The summed E-state index contributed by atoms with van der Waals surface area (Å²) in [6.07, 6.45) is 6.73. The normalized spacial score (nSPS) is 19.3. The van der Waals surface area contributed by atoms with Gasteiger partial charge in [0.1, 0.15) is 6.17 Å². The van der Waals surface area contributed by atoms with Crippen molar-refractivity contribution in [3.8, 4) is 11.5 Å². The molecule has 4 rings (SSSR count). The van der Waals surface area contributed by atoms with Gasteiger partial charge in [-0.1, -0.05) is 43.5 Å². The van der Waals surface area contributed by atoms with Gasteiger partial charge in [0.15, 0.2) is 11.5 Å². The first-order chi connectivity index (χ1) is 14.2. The summed E-state index contributed by atoms with van der Waals surface area (Å²) in [4.78, 5) is 15.3. The molecule has 5 heteroatoms. The predicted molar refractivity (Wildman–Crippen MR) is 113 cm³/mol. The highest BCUT2D eigenvalue weighted by molar-refractivity contribution is 5.99. The standard InChI is InChI=1S/C24H30N2O3/c1-28-21-13-12-17(16-22(21)29-2)14-15-25-23-19-10-6-7-11-20(19)24(27)26(23)18-8-4-3-5-9-18/h6-7,10-13,16,18,23,25H,3-5,8-9,14-15H2,1-2H3/t23-/m0/s1. The average Bonchev–Trinajstić information content (AvgIpc) is 3.06. The molecule has 1 aliphatic heterocycles. The van der Waals surface area contributed by atoms with Crippen molar-refractivity contribution in [2.45, 2.75) is 50.7 Å². The predicted octanol–water partition coefficient (Wildman–Crippen LogP) is 4.32. The van der Waals surface area contributed by atoms with Gasteiger partial charge in [-0.15, -0.1) is 0 Å². The van der Waals surface area contributed by atoms with Crippen molar-refractivity contribution < 1.29 is 14.3 Å². The Morgan fingerprint density at radius 2 is 1.76 bits per heavy atom. The molecule has 154 valence electrons. The lowest BCUT2D eigenvalue weighted by Crippen LogP contribution is -2.44. The van der Waals surface area contributed by atoms with Crippen LogP contribution in [0.1, 0.15) is 59.8 Å². The SMILES string of the molecule is COc1ccc(CCN[C@@H]2c3ccccc3C(=O)N2C2CCCCC2)cc1OC. The number of rotatable bonds is 7. The molecule has 1 atom stereocenters. The Labute approximate surface area is 173 Å². The molecule has 0 saturated heterocycles. The first-order valence-corrected chi connectivity index (χ1v) is 10.6. The number of ether oxygens (including phenoxy) is 2. The molecule has 5 nitrogen and oxygen atoms in total. The summed E-state index contributed by atoms with van der Waals surface area (Å²) in [6.45, 7) is 0.783. The molecule has 1 N–H and O–H groups in total. The minimum Gasteiger partial charge on any atom is -0.493 e. The molecule has 2 aromatic rings. The van der Waals surface area contributed by atoms with Gasteiger partial charge in [0.05, 0.1) is 14.2 Å². The monoisotopic (exact) mass is 394 g/mol. The summed E-state index contributed by atoms with van der Waals surface area (Å²) in [5.41, 5.74) is 3.13. The third-order valence-corrected chi connectivity index (χ3v) is 6.17. The van der Waals surface area contributed by atoms with E-state index in [2.05, 4.69) is 22.3 Å². The molecule has 1 amide bonds. The van der Waals surface area contributed by atoms with E-state index in [9.17, 15) is 4.79 Å². The number of carbonyl (C=O) groups is 1. The summed E-state index contributed by atoms with van der Waals surface area (Å²) in [5, 5.41) is 3.66. The molecular weight excluding hydrogens is 364 g/mol. The van der Waals surface area contributed by atoms with Crippen molar-refractivity contribution in [1.82, 2.24) is 10.2 Å². The van der Waals surface area contributed by atoms with E-state index in [0.29, 0.717) is 6.04 Å². The van der Waals surface area contributed by atoms with Gasteiger partial charge >= 0.3 is 0 Å². The zero-order chi connectivity index (χ0) is 20.2. The summed E-state index contributed by atoms with van der Waals surface area (Å²) in [7, 11) is 3.30. The fraction of sp³-hybridized carbons (Fsp3) is 0.458. The number of amides is 1. The van der Waals surface area contributed by atoms with Gasteiger partial charge in [-0.05, 0) is 43.0 Å². The molecule has 0 bridgehead atoms. The molecule has 0 unspecified atom stereocenters. The van der Waals surface area contributed by atoms with Gasteiger partial charge in [0, 0.05) is 23.7 Å². The Balaban J connectivity index is 1.49. The van der Waals surface area contributed by atoms with Crippen LogP contribution < -0.4 is 14.8 Å². The van der Waals surface area contributed by atoms with Crippen LogP contribution in [0.4, 0.5) is 0 Å². The number of methoxy groups -OCH3 is 2. The van der Waals surface area contributed by atoms with Crippen LogP contribution in [0, 0.1) is 0 Å². The first-order valence-electron chi connectivity index (χ1n) is 10.6. The lowest BCUT2D eigenvalue weighted by molar-refractivity contribution is 0.0524. The zero-order valence-corrected chi connectivity index (χ0v) is 17.3. The highest BCUT2D eigenvalue weighted by atomic mass is 16.5. The van der Waals surface area contributed by atoms with E-state index in [1.54, 1.807) is 14.2 Å². The lowest BCUT2D eigenvalue weighted by Gasteiger charge is -2.36. The Bertz CT molecular complexity index is 861. The van der Waals surface area contributed by atoms with Crippen LogP contribution in [0.25, 0.3) is 0 Å². The minimum atomic E-state index is -0.0399. The van der Waals surface area contributed by atoms with E-state index in [-0.39, 0.29) is 12.1 Å². The van der Waals surface area contributed by atoms with E-state index in [0.717, 1.165) is 48.4 Å². The minimum absolute atomic E-state index is 0.0399. The van der Waals surface area contributed by atoms with Crippen molar-refractivity contribution in [2.24, 2.45) is 0 Å². The molecule has 29 heavy (non-hydrogen) atoms. The second-order valence-electron chi connectivity index (χ2n) is 7.89. The average molecular weight is 395 g/mol. The van der Waals surface area contributed by atoms with Crippen LogP contribution in [0.15, 0.2) is 42.5 Å². The van der Waals surface area contributed by atoms with E-state index in [4.69, 9.17) is 9.47 Å². The van der Waals surface area contributed by atoms with Crippen LogP contribution in [-0.4, -0.2) is 37.6 Å². The van der Waals surface area contributed by atoms with Gasteiger partial charge in [0.25, 0.3) is 5.91 Å². The second kappa shape index (κ2) is 8.87. The quantitative estimate of drug-likeness (QED) is 0.760. The van der Waals surface area contributed by atoms with Crippen molar-refractivity contribution >= 4 is 5.91 Å². The Morgan fingerprint density at radius 1 is 1.00 bits per heavy atom. The second-order valence-corrected chi connectivity index (χ2v) is 7.89. The van der Waals surface area contributed by atoms with Gasteiger partial charge < -0.3 is 14.4 Å². The summed E-state index contributed by atoms with van der Waals surface area (Å²) in [6, 6.07) is 14.4. The molecule has 1 saturated carbocycles. The van der Waals surface area contributed by atoms with Crippen molar-refractivity contribution in [2.75, 3.05) is 20.8 Å². The molecule has 2 aromatic carbocycles. The van der Waals surface area contributed by atoms with E-state index < -0.39 is 0 Å². The van der Waals surface area contributed by atoms with Crippen molar-refractivity contribution in [1.29, 1.82) is 0 Å². The summed E-state index contributed by atoms with van der Waals surface area (Å²) < 4.78 is 10.7. The van der Waals surface area contributed by atoms with E-state index in [1.165, 1.54) is 24.8 Å². The van der Waals surface area contributed by atoms with Crippen LogP contribution in [-0.2, 0) is 6.42 Å². The fourth-order valence-electron chi connectivity index (χ4n) is 4.67. The smallest absolute Gasteiger partial charge is 0.256 e. The van der Waals surface area contributed by atoms with E-state index >= 15 is 0 Å². The maximum Gasteiger partial charge on any atom is 0.256 e. The largest absolute Gasteiger partial charge is 0.493 e. The fourth-order valence-corrected chi connectivity index (χ4v) is 4.67. The van der Waals surface area contributed by atoms with Gasteiger partial charge in [0.2, 0.25) is 0 Å². The van der Waals surface area contributed by atoms with Crippen LogP contribution >= 0.6 is 0 Å². The van der Waals surface area contributed by atoms with Gasteiger partial charge in [-0.3, -0.25) is 10.1 Å². The molecule has 2 aliphatic rings. The van der Waals surface area contributed by atoms with E-state index in [1.807, 2.05) is 30.3 Å². The number of nitrogens with zero attached hydrogens (tertiary/aromatic N) is 1. The third kappa shape index (κ3) is 3.97. The molecular formula is C24H30N2O3. The highest BCUT2D eigenvalue weighted by Gasteiger charge is 2.40. The first kappa shape index (κ1) is 19.8. The maximum atomic E-state index is 13.1. The van der Waals surface area contributed by atoms with Crippen molar-refractivity contribution in [3.05, 3.63) is 59.2 Å². The molecule has 1 aliphatic carbocycles. The van der Waals surface area contributed by atoms with Crippen molar-refractivity contribution in [3.63, 3.8) is 0 Å². The number of carbonyl (C=O) groups excluding carboxylic acids is 1. The Morgan fingerprint density at radius 3 is 2.52 bits per heavy atom. The summed E-state index contributed by atoms with van der Waals surface area (Å²) >= 11 is 0. The highest BCUT2D eigenvalue weighted by Crippen LogP contribution is 2.37. The zero-order valence-electron chi connectivity index (χ0n) is 17.3. The molecule has 1 fully saturated rings. The number of hydrogen-bond acceptors (Lipinski definition) is 4. The van der Waals surface area contributed by atoms with Crippen LogP contribution in [0.5, 0.6) is 11.5 Å². The number of nitrogens with one attached hydrogen (secondary N) is 1. The molecule has 0 aromatic heterocycles. The number of hydrogen-bond donors (Lipinski definition) is 1. The van der Waals surface area contributed by atoms with Gasteiger partial charge in [-0.25, -0.2) is 0 Å². The molecule has 0 spiro atoms. The maximum absolute atomic E-state index is 13.1. The molecule has 1 heterocycles. The third-order valence-electron chi connectivity index (χ3n) is 6.17.